The average Bonchev–Trinajstić information content (AvgIpc) is 3.10. The lowest BCUT2D eigenvalue weighted by atomic mass is 9.33. The third kappa shape index (κ3) is 5.92. The maximum absolute atomic E-state index is 12.1. The van der Waals surface area contributed by atoms with Crippen LogP contribution in [0, 0.1) is 50.2 Å². The highest BCUT2D eigenvalue weighted by molar-refractivity contribution is 5.73. The van der Waals surface area contributed by atoms with Crippen molar-refractivity contribution >= 4 is 5.97 Å². The smallest absolute Gasteiger partial charge is 0.335 e. The monoisotopic (exact) mass is 766 g/mol. The molecule has 5 aliphatic carbocycles. The van der Waals surface area contributed by atoms with E-state index >= 15 is 0 Å². The summed E-state index contributed by atoms with van der Waals surface area (Å²) in [7, 11) is 0. The molecule has 2 saturated heterocycles. The number of rotatable bonds is 6. The Morgan fingerprint density at radius 2 is 1.50 bits per heavy atom. The van der Waals surface area contributed by atoms with Crippen molar-refractivity contribution in [1.82, 2.24) is 0 Å². The lowest BCUT2D eigenvalue weighted by molar-refractivity contribution is -0.367. The molecule has 0 radical (unpaired) electrons. The second-order valence-corrected chi connectivity index (χ2v) is 20.4. The van der Waals surface area contributed by atoms with E-state index in [0.29, 0.717) is 18.3 Å². The van der Waals surface area contributed by atoms with Crippen molar-refractivity contribution < 1.29 is 64.6 Å². The normalized spacial score (nSPS) is 55.7. The van der Waals surface area contributed by atoms with E-state index in [2.05, 4.69) is 47.6 Å². The lowest BCUT2D eigenvalue weighted by Gasteiger charge is -2.72. The molecular weight excluding hydrogens is 700 g/mol. The third-order valence-corrected chi connectivity index (χ3v) is 17.0. The van der Waals surface area contributed by atoms with Crippen LogP contribution < -0.4 is 0 Å². The highest BCUT2D eigenvalue weighted by atomic mass is 16.8. The van der Waals surface area contributed by atoms with E-state index in [1.807, 2.05) is 6.92 Å². The van der Waals surface area contributed by atoms with E-state index < -0.39 is 72.8 Å². The van der Waals surface area contributed by atoms with Gasteiger partial charge in [0, 0.05) is 10.8 Å². The highest BCUT2D eigenvalue weighted by Gasteiger charge is 2.69. The van der Waals surface area contributed by atoms with Gasteiger partial charge in [-0.15, -0.1) is 0 Å². The SMILES string of the molecule is CC1(C)C[C@@H](O)[C@]2(C)CC[C@]3(C)C(=CC[C@@H]4[C@@]5(C)CC[C@H](O[C@@H]6O[C@H](C(=O)O)[C@@H](O)[C@H](O)[C@H]6O[C@@H]6OC[C@H](O)[C@H](O)[C@H]6O)[C@](C)(CO)[C@@H]5CC[C@]43C)[C@H]2C1. The van der Waals surface area contributed by atoms with Gasteiger partial charge in [-0.3, -0.25) is 0 Å². The van der Waals surface area contributed by atoms with Crippen LogP contribution in [0.5, 0.6) is 0 Å². The maximum atomic E-state index is 12.1. The van der Waals surface area contributed by atoms with Gasteiger partial charge in [0.05, 0.1) is 25.4 Å². The van der Waals surface area contributed by atoms with Crippen LogP contribution in [0.15, 0.2) is 11.6 Å². The summed E-state index contributed by atoms with van der Waals surface area (Å²) in [4.78, 5) is 12.1. The summed E-state index contributed by atoms with van der Waals surface area (Å²) < 4.78 is 23.7. The number of hydrogen-bond donors (Lipinski definition) is 8. The van der Waals surface area contributed by atoms with Crippen LogP contribution in [-0.4, -0.2) is 128 Å². The summed E-state index contributed by atoms with van der Waals surface area (Å²) in [5, 5.41) is 85.5. The summed E-state index contributed by atoms with van der Waals surface area (Å²) in [6.07, 6.45) is -5.53. The molecule has 0 amide bonds. The predicted octanol–water partition coefficient (Wildman–Crippen LogP) is 2.49. The zero-order chi connectivity index (χ0) is 39.6. The lowest BCUT2D eigenvalue weighted by Crippen LogP contribution is -2.67. The Balaban J connectivity index is 1.17. The first kappa shape index (κ1) is 40.9. The van der Waals surface area contributed by atoms with Crippen molar-refractivity contribution in [2.24, 2.45) is 50.2 Å². The van der Waals surface area contributed by atoms with Gasteiger partial charge in [0.15, 0.2) is 18.7 Å². The zero-order valence-electron chi connectivity index (χ0n) is 33.1. The highest BCUT2D eigenvalue weighted by Crippen LogP contribution is 2.76. The molecule has 0 unspecified atom stereocenters. The van der Waals surface area contributed by atoms with Crippen molar-refractivity contribution in [1.29, 1.82) is 0 Å². The standard InChI is InChI=1S/C41H66O13/c1-36(2)16-21-20-8-9-24-38(4)12-11-26(39(5,19-42)23(38)10-13-41(24,7)40(20,6)15-14-37(21,3)25(44)17-36)52-35-32(29(47)28(46)31(53-35)33(49)50)54-34-30(48)27(45)22(43)18-51-34/h8,21-32,34-35,42-48H,9-19H2,1-7H3,(H,49,50)/t21-,22+,23-,24-,25-,26+,27+,28+,29+,30-,31+,32-,34+,35-,37-,38+,39-,40-,41-/m1/s1. The molecule has 0 spiro atoms. The molecule has 7 aliphatic rings. The second kappa shape index (κ2) is 13.7. The molecule has 0 aromatic rings. The Kier molecular flexibility index (Phi) is 10.4. The van der Waals surface area contributed by atoms with Crippen molar-refractivity contribution in [3.63, 3.8) is 0 Å². The molecule has 13 nitrogen and oxygen atoms in total. The maximum Gasteiger partial charge on any atom is 0.335 e. The van der Waals surface area contributed by atoms with Gasteiger partial charge in [-0.25, -0.2) is 4.79 Å². The number of aliphatic carboxylic acids is 1. The number of hydrogen-bond acceptors (Lipinski definition) is 12. The van der Waals surface area contributed by atoms with Gasteiger partial charge in [0.2, 0.25) is 0 Å². The van der Waals surface area contributed by atoms with Crippen LogP contribution in [0.4, 0.5) is 0 Å². The molecule has 54 heavy (non-hydrogen) atoms. The van der Waals surface area contributed by atoms with Crippen LogP contribution >= 0.6 is 0 Å². The van der Waals surface area contributed by atoms with E-state index in [1.165, 1.54) is 5.57 Å². The minimum atomic E-state index is -1.91. The first-order valence-electron chi connectivity index (χ1n) is 20.3. The third-order valence-electron chi connectivity index (χ3n) is 17.0. The fourth-order valence-corrected chi connectivity index (χ4v) is 13.4. The van der Waals surface area contributed by atoms with Gasteiger partial charge < -0.3 is 59.8 Å². The van der Waals surface area contributed by atoms with Gasteiger partial charge in [-0.05, 0) is 97.2 Å². The number of allylic oxidation sites excluding steroid dienone is 2. The number of aliphatic hydroxyl groups is 7. The number of fused-ring (bicyclic) bond motifs is 7. The molecule has 19 atom stereocenters. The molecule has 7 rings (SSSR count). The summed E-state index contributed by atoms with van der Waals surface area (Å²) in [6, 6.07) is 0. The van der Waals surface area contributed by atoms with Crippen LogP contribution in [-0.2, 0) is 23.7 Å². The molecule has 13 heteroatoms. The van der Waals surface area contributed by atoms with Crippen LogP contribution in [0.2, 0.25) is 0 Å². The Morgan fingerprint density at radius 1 is 0.796 bits per heavy atom. The fraction of sp³-hybridized carbons (Fsp3) is 0.927. The average molecular weight is 767 g/mol. The Morgan fingerprint density at radius 3 is 2.17 bits per heavy atom. The molecular formula is C41H66O13. The first-order valence-corrected chi connectivity index (χ1v) is 20.3. The molecule has 0 aromatic carbocycles. The van der Waals surface area contributed by atoms with Gasteiger partial charge >= 0.3 is 5.97 Å². The zero-order valence-corrected chi connectivity index (χ0v) is 33.1. The van der Waals surface area contributed by atoms with E-state index in [4.69, 9.17) is 18.9 Å². The molecule has 0 bridgehead atoms. The first-order chi connectivity index (χ1) is 25.1. The van der Waals surface area contributed by atoms with E-state index in [-0.39, 0.29) is 52.3 Å². The number of carbonyl (C=O) groups is 1. The molecule has 0 aromatic heterocycles. The van der Waals surface area contributed by atoms with Crippen molar-refractivity contribution in [2.45, 2.75) is 174 Å². The Hall–Kier alpha value is -1.23. The van der Waals surface area contributed by atoms with Crippen LogP contribution in [0.1, 0.15) is 106 Å². The van der Waals surface area contributed by atoms with Crippen molar-refractivity contribution in [2.75, 3.05) is 13.2 Å². The number of carboxylic acid groups (broad SMARTS) is 1. The molecule has 4 saturated carbocycles. The van der Waals surface area contributed by atoms with Crippen molar-refractivity contribution in [3.05, 3.63) is 11.6 Å². The number of carboxylic acids is 1. The molecule has 8 N–H and O–H groups in total. The molecule has 308 valence electrons. The van der Waals surface area contributed by atoms with Gasteiger partial charge in [-0.2, -0.15) is 0 Å². The van der Waals surface area contributed by atoms with Gasteiger partial charge in [-0.1, -0.05) is 60.1 Å². The van der Waals surface area contributed by atoms with Gasteiger partial charge in [0.25, 0.3) is 0 Å². The molecule has 2 heterocycles. The van der Waals surface area contributed by atoms with E-state index in [1.54, 1.807) is 0 Å². The number of ether oxygens (including phenoxy) is 4. The van der Waals surface area contributed by atoms with Crippen molar-refractivity contribution in [3.8, 4) is 0 Å². The Labute approximate surface area is 319 Å². The summed E-state index contributed by atoms with van der Waals surface area (Å²) in [5.41, 5.74) is 0.419. The molecule has 2 aliphatic heterocycles. The molecule has 6 fully saturated rings. The van der Waals surface area contributed by atoms with Crippen LogP contribution in [0.25, 0.3) is 0 Å². The quantitative estimate of drug-likeness (QED) is 0.144. The van der Waals surface area contributed by atoms with Gasteiger partial charge in [0.1, 0.15) is 36.6 Å². The summed E-state index contributed by atoms with van der Waals surface area (Å²) in [5.74, 6) is -0.852. The minimum absolute atomic E-state index is 0.0143. The van der Waals surface area contributed by atoms with E-state index in [0.717, 1.165) is 51.4 Å². The largest absolute Gasteiger partial charge is 0.479 e. The Bertz CT molecular complexity index is 1470. The summed E-state index contributed by atoms with van der Waals surface area (Å²) in [6.45, 7) is 15.7. The second-order valence-electron chi connectivity index (χ2n) is 20.4. The fourth-order valence-electron chi connectivity index (χ4n) is 13.4. The topological polar surface area (TPSA) is 216 Å². The minimum Gasteiger partial charge on any atom is -0.479 e. The number of aliphatic hydroxyl groups excluding tert-OH is 7. The van der Waals surface area contributed by atoms with Crippen LogP contribution in [0.3, 0.4) is 0 Å². The van der Waals surface area contributed by atoms with E-state index in [9.17, 15) is 45.6 Å². The summed E-state index contributed by atoms with van der Waals surface area (Å²) >= 11 is 0. The predicted molar refractivity (Wildman–Crippen MR) is 193 cm³/mol.